The van der Waals surface area contributed by atoms with Gasteiger partial charge in [0.25, 0.3) is 0 Å². The Morgan fingerprint density at radius 3 is 2.65 bits per heavy atom. The molecule has 1 aromatic rings. The van der Waals surface area contributed by atoms with Gasteiger partial charge in [-0.2, -0.15) is 0 Å². The van der Waals surface area contributed by atoms with Crippen LogP contribution in [-0.4, -0.2) is 25.3 Å². The molecular weight excluding hydrogens is 252 g/mol. The standard InChI is InChI=1S/C16H24N2O2/c1-16(2,3)20-15(19)18(4)14-10-6-5-8-12(14)13-9-7-11-17-13/h5-6,8,10,13,17H,7,9,11H2,1-4H3. The van der Waals surface area contributed by atoms with E-state index >= 15 is 0 Å². The maximum atomic E-state index is 12.2. The third-order valence-corrected chi connectivity index (χ3v) is 3.40. The monoisotopic (exact) mass is 276 g/mol. The van der Waals surface area contributed by atoms with E-state index in [1.165, 1.54) is 12.0 Å². The zero-order chi connectivity index (χ0) is 14.8. The Balaban J connectivity index is 2.21. The molecule has 1 amide bonds. The zero-order valence-corrected chi connectivity index (χ0v) is 12.8. The molecule has 1 aliphatic heterocycles. The van der Waals surface area contributed by atoms with E-state index in [2.05, 4.69) is 11.4 Å². The van der Waals surface area contributed by atoms with Crippen LogP contribution in [0.3, 0.4) is 0 Å². The molecule has 20 heavy (non-hydrogen) atoms. The minimum absolute atomic E-state index is 0.317. The van der Waals surface area contributed by atoms with E-state index < -0.39 is 5.60 Å². The van der Waals surface area contributed by atoms with Gasteiger partial charge in [0.05, 0.1) is 5.69 Å². The average Bonchev–Trinajstić information content (AvgIpc) is 2.89. The number of nitrogens with zero attached hydrogens (tertiary/aromatic N) is 1. The number of rotatable bonds is 2. The van der Waals surface area contributed by atoms with Crippen LogP contribution < -0.4 is 10.2 Å². The molecule has 1 atom stereocenters. The number of benzene rings is 1. The molecule has 1 heterocycles. The van der Waals surface area contributed by atoms with Crippen molar-refractivity contribution >= 4 is 11.8 Å². The van der Waals surface area contributed by atoms with Gasteiger partial charge in [-0.3, -0.25) is 4.90 Å². The molecule has 4 heteroatoms. The SMILES string of the molecule is CN(C(=O)OC(C)(C)C)c1ccccc1C1CCCN1. The van der Waals surface area contributed by atoms with Crippen LogP contribution in [0.25, 0.3) is 0 Å². The Morgan fingerprint density at radius 2 is 2.05 bits per heavy atom. The lowest BCUT2D eigenvalue weighted by molar-refractivity contribution is 0.0589. The van der Waals surface area contributed by atoms with E-state index in [0.717, 1.165) is 18.7 Å². The lowest BCUT2D eigenvalue weighted by Crippen LogP contribution is -2.35. The Morgan fingerprint density at radius 1 is 1.35 bits per heavy atom. The van der Waals surface area contributed by atoms with Gasteiger partial charge in [-0.05, 0) is 51.8 Å². The molecule has 0 bridgehead atoms. The highest BCUT2D eigenvalue weighted by Crippen LogP contribution is 2.31. The third kappa shape index (κ3) is 3.51. The van der Waals surface area contributed by atoms with Gasteiger partial charge in [0.2, 0.25) is 0 Å². The Kier molecular flexibility index (Phi) is 4.33. The Bertz CT molecular complexity index is 474. The van der Waals surface area contributed by atoms with Gasteiger partial charge in [0.1, 0.15) is 5.60 Å². The van der Waals surface area contributed by atoms with Gasteiger partial charge in [-0.1, -0.05) is 18.2 Å². The second kappa shape index (κ2) is 5.83. The van der Waals surface area contributed by atoms with Crippen molar-refractivity contribution in [2.45, 2.75) is 45.3 Å². The lowest BCUT2D eigenvalue weighted by Gasteiger charge is -2.27. The highest BCUT2D eigenvalue weighted by molar-refractivity contribution is 5.88. The number of para-hydroxylation sites is 1. The summed E-state index contributed by atoms with van der Waals surface area (Å²) >= 11 is 0. The predicted octanol–water partition coefficient (Wildman–Crippen LogP) is 3.48. The molecule has 1 aromatic carbocycles. The van der Waals surface area contributed by atoms with Crippen LogP contribution in [0.2, 0.25) is 0 Å². The zero-order valence-electron chi connectivity index (χ0n) is 12.8. The van der Waals surface area contributed by atoms with Crippen molar-refractivity contribution in [1.29, 1.82) is 0 Å². The quantitative estimate of drug-likeness (QED) is 0.899. The first-order chi connectivity index (χ1) is 9.38. The van der Waals surface area contributed by atoms with Crippen LogP contribution in [0.15, 0.2) is 24.3 Å². The molecule has 4 nitrogen and oxygen atoms in total. The number of nitrogens with one attached hydrogen (secondary N) is 1. The van der Waals surface area contributed by atoms with Crippen molar-refractivity contribution < 1.29 is 9.53 Å². The summed E-state index contributed by atoms with van der Waals surface area (Å²) in [5, 5.41) is 3.48. The first kappa shape index (κ1) is 14.9. The molecule has 1 fully saturated rings. The van der Waals surface area contributed by atoms with Gasteiger partial charge in [-0.15, -0.1) is 0 Å². The van der Waals surface area contributed by atoms with Crippen molar-refractivity contribution in [3.63, 3.8) is 0 Å². The van der Waals surface area contributed by atoms with Gasteiger partial charge in [0.15, 0.2) is 0 Å². The summed E-state index contributed by atoms with van der Waals surface area (Å²) in [5.74, 6) is 0. The summed E-state index contributed by atoms with van der Waals surface area (Å²) in [5.41, 5.74) is 1.60. The number of ether oxygens (including phenoxy) is 1. The van der Waals surface area contributed by atoms with E-state index in [1.807, 2.05) is 39.0 Å². The largest absolute Gasteiger partial charge is 0.443 e. The number of carbonyl (C=O) groups excluding carboxylic acids is 1. The fourth-order valence-electron chi connectivity index (χ4n) is 2.47. The normalized spacial score (nSPS) is 18.9. The summed E-state index contributed by atoms with van der Waals surface area (Å²) in [6.07, 6.45) is 1.97. The molecular formula is C16H24N2O2. The minimum atomic E-state index is -0.480. The summed E-state index contributed by atoms with van der Waals surface area (Å²) in [4.78, 5) is 13.8. The summed E-state index contributed by atoms with van der Waals surface area (Å²) in [6.45, 7) is 6.67. The number of carbonyl (C=O) groups is 1. The van der Waals surface area contributed by atoms with Crippen LogP contribution in [0.5, 0.6) is 0 Å². The topological polar surface area (TPSA) is 41.6 Å². The van der Waals surface area contributed by atoms with Crippen LogP contribution in [0.1, 0.15) is 45.2 Å². The summed E-state index contributed by atoms with van der Waals surface area (Å²) in [6, 6.07) is 8.35. The van der Waals surface area contributed by atoms with E-state index in [-0.39, 0.29) is 6.09 Å². The molecule has 1 aliphatic rings. The molecule has 0 aromatic heterocycles. The lowest BCUT2D eigenvalue weighted by atomic mass is 10.0. The predicted molar refractivity (Wildman–Crippen MR) is 81.1 cm³/mol. The first-order valence-electron chi connectivity index (χ1n) is 7.17. The smallest absolute Gasteiger partial charge is 0.414 e. The molecule has 1 unspecified atom stereocenters. The molecule has 0 aliphatic carbocycles. The van der Waals surface area contributed by atoms with E-state index in [1.54, 1.807) is 11.9 Å². The van der Waals surface area contributed by atoms with Gasteiger partial charge >= 0.3 is 6.09 Å². The van der Waals surface area contributed by atoms with Crippen LogP contribution in [0.4, 0.5) is 10.5 Å². The third-order valence-electron chi connectivity index (χ3n) is 3.40. The second-order valence-corrected chi connectivity index (χ2v) is 6.25. The number of amides is 1. The molecule has 1 saturated heterocycles. The van der Waals surface area contributed by atoms with Crippen molar-refractivity contribution in [1.82, 2.24) is 5.32 Å². The summed E-state index contributed by atoms with van der Waals surface area (Å²) < 4.78 is 5.44. The number of anilines is 1. The van der Waals surface area contributed by atoms with E-state index in [4.69, 9.17) is 4.74 Å². The highest BCUT2D eigenvalue weighted by atomic mass is 16.6. The van der Waals surface area contributed by atoms with Gasteiger partial charge < -0.3 is 10.1 Å². The van der Waals surface area contributed by atoms with Crippen molar-refractivity contribution in [2.75, 3.05) is 18.5 Å². The molecule has 0 radical (unpaired) electrons. The van der Waals surface area contributed by atoms with Crippen LogP contribution in [0, 0.1) is 0 Å². The Hall–Kier alpha value is -1.55. The van der Waals surface area contributed by atoms with Crippen molar-refractivity contribution in [3.8, 4) is 0 Å². The maximum Gasteiger partial charge on any atom is 0.414 e. The molecule has 110 valence electrons. The maximum absolute atomic E-state index is 12.2. The van der Waals surface area contributed by atoms with Gasteiger partial charge in [0, 0.05) is 13.1 Å². The number of hydrogen-bond acceptors (Lipinski definition) is 3. The van der Waals surface area contributed by atoms with Gasteiger partial charge in [-0.25, -0.2) is 4.79 Å². The van der Waals surface area contributed by atoms with E-state index in [0.29, 0.717) is 6.04 Å². The second-order valence-electron chi connectivity index (χ2n) is 6.25. The first-order valence-corrected chi connectivity index (χ1v) is 7.17. The highest BCUT2D eigenvalue weighted by Gasteiger charge is 2.25. The molecule has 0 spiro atoms. The van der Waals surface area contributed by atoms with Crippen molar-refractivity contribution in [3.05, 3.63) is 29.8 Å². The van der Waals surface area contributed by atoms with Crippen LogP contribution >= 0.6 is 0 Å². The minimum Gasteiger partial charge on any atom is -0.443 e. The molecule has 2 rings (SSSR count). The fourth-order valence-corrected chi connectivity index (χ4v) is 2.47. The molecule has 1 N–H and O–H groups in total. The summed E-state index contributed by atoms with van der Waals surface area (Å²) in [7, 11) is 1.77. The van der Waals surface area contributed by atoms with Crippen molar-refractivity contribution in [2.24, 2.45) is 0 Å². The number of hydrogen-bond donors (Lipinski definition) is 1. The van der Waals surface area contributed by atoms with Crippen LogP contribution in [-0.2, 0) is 4.74 Å². The fraction of sp³-hybridized carbons (Fsp3) is 0.562. The van der Waals surface area contributed by atoms with E-state index in [9.17, 15) is 4.79 Å². The molecule has 0 saturated carbocycles. The Labute approximate surface area is 121 Å². The average molecular weight is 276 g/mol.